The molecule has 2 amide bonds. The molecule has 4 rings (SSSR count). The summed E-state index contributed by atoms with van der Waals surface area (Å²) in [7, 11) is 0. The zero-order valence-electron chi connectivity index (χ0n) is 21.0. The molecule has 0 aliphatic rings. The van der Waals surface area contributed by atoms with Gasteiger partial charge in [-0.05, 0) is 61.2 Å². The average molecular weight is 503 g/mol. The molecule has 36 heavy (non-hydrogen) atoms. The summed E-state index contributed by atoms with van der Waals surface area (Å²) < 4.78 is 1.59. The van der Waals surface area contributed by atoms with E-state index in [2.05, 4.69) is 19.2 Å². The Balaban J connectivity index is 1.90. The Bertz CT molecular complexity index is 1450. The van der Waals surface area contributed by atoms with E-state index in [4.69, 9.17) is 16.6 Å². The molecule has 0 spiro atoms. The van der Waals surface area contributed by atoms with Crippen molar-refractivity contribution < 1.29 is 4.79 Å². The van der Waals surface area contributed by atoms with Gasteiger partial charge in [0.2, 0.25) is 0 Å². The lowest BCUT2D eigenvalue weighted by atomic mass is 10.1. The Morgan fingerprint density at radius 2 is 1.78 bits per heavy atom. The third kappa shape index (κ3) is 5.29. The number of rotatable bonds is 7. The van der Waals surface area contributed by atoms with Crippen LogP contribution < -0.4 is 10.9 Å². The first-order valence-corrected chi connectivity index (χ1v) is 12.6. The Labute approximate surface area is 216 Å². The fraction of sp³-hybridized carbons (Fsp3) is 0.276. The van der Waals surface area contributed by atoms with E-state index in [0.29, 0.717) is 40.4 Å². The molecule has 0 bridgehead atoms. The Kier molecular flexibility index (Phi) is 7.75. The number of nitrogens with one attached hydrogen (secondary N) is 1. The minimum Gasteiger partial charge on any atom is -0.314 e. The fourth-order valence-electron chi connectivity index (χ4n) is 4.43. The van der Waals surface area contributed by atoms with Crippen molar-refractivity contribution in [3.8, 4) is 5.69 Å². The van der Waals surface area contributed by atoms with E-state index >= 15 is 0 Å². The van der Waals surface area contributed by atoms with E-state index < -0.39 is 6.04 Å². The number of hydrogen-bond donors (Lipinski definition) is 1. The SMILES string of the molecule is CCC(c1nc2ccccc2c(=O)n1-c1cccc(Cl)c1)N(CC(C)C)C(=O)Nc1ccccc1C. The van der Waals surface area contributed by atoms with E-state index in [1.807, 2.05) is 62.4 Å². The van der Waals surface area contributed by atoms with Gasteiger partial charge in [-0.1, -0.05) is 68.8 Å². The highest BCUT2D eigenvalue weighted by Crippen LogP contribution is 2.28. The van der Waals surface area contributed by atoms with Gasteiger partial charge in [-0.25, -0.2) is 9.78 Å². The lowest BCUT2D eigenvalue weighted by Gasteiger charge is -2.33. The molecule has 1 aromatic heterocycles. The van der Waals surface area contributed by atoms with Crippen LogP contribution in [-0.2, 0) is 0 Å². The average Bonchev–Trinajstić information content (AvgIpc) is 2.85. The number of anilines is 1. The number of benzene rings is 3. The molecule has 0 aliphatic carbocycles. The first-order chi connectivity index (χ1) is 17.3. The van der Waals surface area contributed by atoms with E-state index in [0.717, 1.165) is 11.3 Å². The largest absolute Gasteiger partial charge is 0.322 e. The van der Waals surface area contributed by atoms with Gasteiger partial charge in [0, 0.05) is 17.3 Å². The summed E-state index contributed by atoms with van der Waals surface area (Å²) in [6, 6.07) is 21.4. The third-order valence-electron chi connectivity index (χ3n) is 6.14. The number of para-hydroxylation sites is 2. The molecule has 1 unspecified atom stereocenters. The number of aryl methyl sites for hydroxylation is 1. The first kappa shape index (κ1) is 25.5. The summed E-state index contributed by atoms with van der Waals surface area (Å²) in [5.41, 5.74) is 2.74. The topological polar surface area (TPSA) is 67.2 Å². The summed E-state index contributed by atoms with van der Waals surface area (Å²) in [6.45, 7) is 8.59. The Morgan fingerprint density at radius 1 is 1.06 bits per heavy atom. The molecule has 0 radical (unpaired) electrons. The van der Waals surface area contributed by atoms with Crippen molar-refractivity contribution in [2.45, 2.75) is 40.2 Å². The second kappa shape index (κ2) is 11.0. The molecule has 6 nitrogen and oxygen atoms in total. The van der Waals surface area contributed by atoms with Crippen molar-refractivity contribution in [2.75, 3.05) is 11.9 Å². The highest BCUT2D eigenvalue weighted by atomic mass is 35.5. The number of carbonyl (C=O) groups is 1. The van der Waals surface area contributed by atoms with Crippen LogP contribution >= 0.6 is 11.6 Å². The van der Waals surface area contributed by atoms with Crippen molar-refractivity contribution in [2.24, 2.45) is 5.92 Å². The van der Waals surface area contributed by atoms with Gasteiger partial charge in [-0.2, -0.15) is 0 Å². The molecule has 0 aliphatic heterocycles. The smallest absolute Gasteiger partial charge is 0.314 e. The van der Waals surface area contributed by atoms with Crippen molar-refractivity contribution >= 4 is 34.2 Å². The second-order valence-electron chi connectivity index (χ2n) is 9.32. The number of aromatic nitrogens is 2. The molecule has 0 saturated carbocycles. The van der Waals surface area contributed by atoms with Gasteiger partial charge in [0.25, 0.3) is 5.56 Å². The second-order valence-corrected chi connectivity index (χ2v) is 9.76. The number of nitrogens with zero attached hydrogens (tertiary/aromatic N) is 3. The number of urea groups is 1. The van der Waals surface area contributed by atoms with Gasteiger partial charge in [0.15, 0.2) is 0 Å². The summed E-state index contributed by atoms with van der Waals surface area (Å²) in [6.07, 6.45) is 0.569. The van der Waals surface area contributed by atoms with Crippen LogP contribution in [0.4, 0.5) is 10.5 Å². The number of halogens is 1. The van der Waals surface area contributed by atoms with Crippen molar-refractivity contribution in [1.82, 2.24) is 14.5 Å². The van der Waals surface area contributed by atoms with Gasteiger partial charge < -0.3 is 10.2 Å². The number of hydrogen-bond acceptors (Lipinski definition) is 3. The lowest BCUT2D eigenvalue weighted by molar-refractivity contribution is 0.171. The maximum atomic E-state index is 13.8. The van der Waals surface area contributed by atoms with Gasteiger partial charge in [-0.3, -0.25) is 9.36 Å². The molecular weight excluding hydrogens is 472 g/mol. The Hall–Kier alpha value is -3.64. The third-order valence-corrected chi connectivity index (χ3v) is 6.37. The van der Waals surface area contributed by atoms with Crippen LogP contribution in [0.5, 0.6) is 0 Å². The van der Waals surface area contributed by atoms with E-state index in [-0.39, 0.29) is 17.5 Å². The maximum absolute atomic E-state index is 13.8. The van der Waals surface area contributed by atoms with Crippen molar-refractivity contribution in [3.05, 3.63) is 99.6 Å². The predicted molar refractivity (Wildman–Crippen MR) is 147 cm³/mol. The quantitative estimate of drug-likeness (QED) is 0.296. The molecule has 0 saturated heterocycles. The summed E-state index contributed by atoms with van der Waals surface area (Å²) >= 11 is 6.31. The molecule has 3 aromatic carbocycles. The first-order valence-electron chi connectivity index (χ1n) is 12.2. The molecule has 1 N–H and O–H groups in total. The number of fused-ring (bicyclic) bond motifs is 1. The molecule has 4 aromatic rings. The minimum absolute atomic E-state index is 0.194. The van der Waals surface area contributed by atoms with Gasteiger partial charge >= 0.3 is 6.03 Å². The van der Waals surface area contributed by atoms with Gasteiger partial charge in [0.05, 0.1) is 22.6 Å². The summed E-state index contributed by atoms with van der Waals surface area (Å²) in [5.74, 6) is 0.706. The van der Waals surface area contributed by atoms with Crippen LogP contribution in [0.2, 0.25) is 5.02 Å². The minimum atomic E-state index is -0.451. The van der Waals surface area contributed by atoms with Gasteiger partial charge in [-0.15, -0.1) is 0 Å². The Morgan fingerprint density at radius 3 is 2.47 bits per heavy atom. The highest BCUT2D eigenvalue weighted by molar-refractivity contribution is 6.30. The standard InChI is InChI=1S/C29H31ClN4O2/c1-5-26(33(18-19(2)3)29(36)32-24-15-8-6-11-20(24)4)27-31-25-16-9-7-14-23(25)28(35)34(27)22-13-10-12-21(30)17-22/h6-17,19,26H,5,18H2,1-4H3,(H,32,36). The van der Waals surface area contributed by atoms with Crippen LogP contribution in [0.15, 0.2) is 77.6 Å². The fourth-order valence-corrected chi connectivity index (χ4v) is 4.61. The highest BCUT2D eigenvalue weighted by Gasteiger charge is 2.30. The van der Waals surface area contributed by atoms with Crippen molar-refractivity contribution in [3.63, 3.8) is 0 Å². The molecular formula is C29H31ClN4O2. The molecule has 7 heteroatoms. The molecule has 1 atom stereocenters. The van der Waals surface area contributed by atoms with E-state index in [9.17, 15) is 9.59 Å². The molecule has 0 fully saturated rings. The summed E-state index contributed by atoms with van der Waals surface area (Å²) in [4.78, 5) is 34.2. The number of carbonyl (C=O) groups excluding carboxylic acids is 1. The van der Waals surface area contributed by atoms with Gasteiger partial charge in [0.1, 0.15) is 5.82 Å². The lowest BCUT2D eigenvalue weighted by Crippen LogP contribution is -2.42. The monoisotopic (exact) mass is 502 g/mol. The van der Waals surface area contributed by atoms with Crippen LogP contribution in [0, 0.1) is 12.8 Å². The molecule has 1 heterocycles. The zero-order chi connectivity index (χ0) is 25.8. The zero-order valence-corrected chi connectivity index (χ0v) is 21.8. The predicted octanol–water partition coefficient (Wildman–Crippen LogP) is 6.99. The van der Waals surface area contributed by atoms with Crippen LogP contribution in [-0.4, -0.2) is 27.0 Å². The summed E-state index contributed by atoms with van der Waals surface area (Å²) in [5, 5.41) is 4.10. The van der Waals surface area contributed by atoms with Crippen molar-refractivity contribution in [1.29, 1.82) is 0 Å². The van der Waals surface area contributed by atoms with E-state index in [1.165, 1.54) is 0 Å². The van der Waals surface area contributed by atoms with Crippen LogP contribution in [0.3, 0.4) is 0 Å². The van der Waals surface area contributed by atoms with E-state index in [1.54, 1.807) is 33.7 Å². The molecule has 186 valence electrons. The number of amides is 2. The van der Waals surface area contributed by atoms with Crippen LogP contribution in [0.1, 0.15) is 44.6 Å². The van der Waals surface area contributed by atoms with Crippen LogP contribution in [0.25, 0.3) is 16.6 Å². The normalized spacial score (nSPS) is 12.1. The maximum Gasteiger partial charge on any atom is 0.322 e.